The first-order chi connectivity index (χ1) is 10.4. The predicted octanol–water partition coefficient (Wildman–Crippen LogP) is 5.43. The van der Waals surface area contributed by atoms with Crippen LogP contribution in [0.3, 0.4) is 0 Å². The molecule has 3 nitrogen and oxygen atoms in total. The summed E-state index contributed by atoms with van der Waals surface area (Å²) in [5.74, 6) is -0.175. The highest BCUT2D eigenvalue weighted by Crippen LogP contribution is 2.32. The molecule has 0 saturated heterocycles. The minimum absolute atomic E-state index is 0.386. The Balaban J connectivity index is 2.29. The number of carboxylic acids is 1. The SMILES string of the molecule is CC(C)c1ccc(OC(C(=O)O)c2ccc(Cl)cc2)c(Br)c1. The van der Waals surface area contributed by atoms with Crippen molar-refractivity contribution in [2.24, 2.45) is 0 Å². The number of aliphatic carboxylic acids is 1. The lowest BCUT2D eigenvalue weighted by molar-refractivity contribution is -0.145. The predicted molar refractivity (Wildman–Crippen MR) is 90.7 cm³/mol. The summed E-state index contributed by atoms with van der Waals surface area (Å²) < 4.78 is 6.41. The van der Waals surface area contributed by atoms with Crippen molar-refractivity contribution in [3.63, 3.8) is 0 Å². The quantitative estimate of drug-likeness (QED) is 0.748. The van der Waals surface area contributed by atoms with E-state index in [4.69, 9.17) is 16.3 Å². The molecule has 0 aliphatic heterocycles. The van der Waals surface area contributed by atoms with Gasteiger partial charge in [0.25, 0.3) is 0 Å². The summed E-state index contributed by atoms with van der Waals surface area (Å²) in [6.07, 6.45) is -1.08. The largest absolute Gasteiger partial charge is 0.478 e. The summed E-state index contributed by atoms with van der Waals surface area (Å²) in [5, 5.41) is 9.97. The lowest BCUT2D eigenvalue weighted by atomic mass is 10.0. The summed E-state index contributed by atoms with van der Waals surface area (Å²) in [6.45, 7) is 4.19. The van der Waals surface area contributed by atoms with Gasteiger partial charge >= 0.3 is 5.97 Å². The fraction of sp³-hybridized carbons (Fsp3) is 0.235. The van der Waals surface area contributed by atoms with E-state index in [1.165, 1.54) is 0 Å². The second-order valence-electron chi connectivity index (χ2n) is 5.23. The topological polar surface area (TPSA) is 46.5 Å². The van der Waals surface area contributed by atoms with Gasteiger partial charge in [0, 0.05) is 10.6 Å². The highest BCUT2D eigenvalue weighted by molar-refractivity contribution is 9.10. The summed E-state index contributed by atoms with van der Waals surface area (Å²) in [5.41, 5.74) is 1.69. The highest BCUT2D eigenvalue weighted by atomic mass is 79.9. The molecule has 22 heavy (non-hydrogen) atoms. The monoisotopic (exact) mass is 382 g/mol. The van der Waals surface area contributed by atoms with Gasteiger partial charge in [0.1, 0.15) is 5.75 Å². The Labute approximate surface area is 143 Å². The van der Waals surface area contributed by atoms with Crippen LogP contribution in [0.4, 0.5) is 0 Å². The van der Waals surface area contributed by atoms with Gasteiger partial charge in [0.05, 0.1) is 4.47 Å². The van der Waals surface area contributed by atoms with Crippen LogP contribution >= 0.6 is 27.5 Å². The molecule has 0 spiro atoms. The first kappa shape index (κ1) is 16.8. The zero-order valence-corrected chi connectivity index (χ0v) is 14.6. The summed E-state index contributed by atoms with van der Waals surface area (Å²) in [7, 11) is 0. The standard InChI is InChI=1S/C17H16BrClO3/c1-10(2)12-5-8-15(14(18)9-12)22-16(17(20)21)11-3-6-13(19)7-4-11/h3-10,16H,1-2H3,(H,20,21). The number of carboxylic acid groups (broad SMARTS) is 1. The Morgan fingerprint density at radius 1 is 1.14 bits per heavy atom. The molecular formula is C17H16BrClO3. The number of benzene rings is 2. The average Bonchev–Trinajstić information content (AvgIpc) is 2.46. The van der Waals surface area contributed by atoms with E-state index in [0.717, 1.165) is 10.0 Å². The van der Waals surface area contributed by atoms with E-state index in [9.17, 15) is 9.90 Å². The third kappa shape index (κ3) is 4.02. The van der Waals surface area contributed by atoms with Gasteiger partial charge in [-0.1, -0.05) is 43.6 Å². The number of carbonyl (C=O) groups is 1. The Hall–Kier alpha value is -1.52. The molecule has 2 aromatic carbocycles. The minimum atomic E-state index is -1.08. The van der Waals surface area contributed by atoms with Gasteiger partial charge in [-0.25, -0.2) is 4.79 Å². The molecule has 0 amide bonds. The van der Waals surface area contributed by atoms with Crippen LogP contribution in [0.1, 0.15) is 37.0 Å². The van der Waals surface area contributed by atoms with Gasteiger partial charge in [-0.15, -0.1) is 0 Å². The third-order valence-corrected chi connectivity index (χ3v) is 4.14. The van der Waals surface area contributed by atoms with E-state index < -0.39 is 12.1 Å². The third-order valence-electron chi connectivity index (χ3n) is 3.26. The smallest absolute Gasteiger partial charge is 0.349 e. The zero-order chi connectivity index (χ0) is 16.3. The first-order valence-corrected chi connectivity index (χ1v) is 8.00. The molecule has 1 atom stereocenters. The molecule has 2 rings (SSSR count). The second kappa shape index (κ2) is 7.16. The number of halogens is 2. The van der Waals surface area contributed by atoms with Crippen molar-refractivity contribution in [2.75, 3.05) is 0 Å². The molecule has 0 aromatic heterocycles. The number of rotatable bonds is 5. The van der Waals surface area contributed by atoms with Crippen molar-refractivity contribution in [1.82, 2.24) is 0 Å². The molecule has 2 aromatic rings. The molecule has 116 valence electrons. The van der Waals surface area contributed by atoms with Crippen LogP contribution in [0.2, 0.25) is 5.02 Å². The van der Waals surface area contributed by atoms with E-state index in [-0.39, 0.29) is 0 Å². The summed E-state index contributed by atoms with van der Waals surface area (Å²) in [4.78, 5) is 11.5. The van der Waals surface area contributed by atoms with Crippen molar-refractivity contribution >= 4 is 33.5 Å². The molecule has 0 fully saturated rings. The molecule has 1 unspecified atom stereocenters. The van der Waals surface area contributed by atoms with Gasteiger partial charge in [0.2, 0.25) is 6.10 Å². The Morgan fingerprint density at radius 2 is 1.73 bits per heavy atom. The van der Waals surface area contributed by atoms with Gasteiger partial charge in [0.15, 0.2) is 0 Å². The van der Waals surface area contributed by atoms with Crippen molar-refractivity contribution in [1.29, 1.82) is 0 Å². The molecule has 0 aliphatic rings. The maximum absolute atomic E-state index is 11.5. The van der Waals surface area contributed by atoms with E-state index in [1.54, 1.807) is 30.3 Å². The van der Waals surface area contributed by atoms with Crippen molar-refractivity contribution in [2.45, 2.75) is 25.9 Å². The van der Waals surface area contributed by atoms with E-state index in [1.807, 2.05) is 12.1 Å². The molecule has 0 bridgehead atoms. The van der Waals surface area contributed by atoms with Gasteiger partial charge in [-0.05, 0) is 51.7 Å². The van der Waals surface area contributed by atoms with Gasteiger partial charge < -0.3 is 9.84 Å². The maximum atomic E-state index is 11.5. The van der Waals surface area contributed by atoms with Crippen LogP contribution in [0.5, 0.6) is 5.75 Å². The van der Waals surface area contributed by atoms with Crippen LogP contribution in [0.15, 0.2) is 46.9 Å². The van der Waals surface area contributed by atoms with Crippen LogP contribution in [-0.4, -0.2) is 11.1 Å². The Morgan fingerprint density at radius 3 is 2.23 bits per heavy atom. The van der Waals surface area contributed by atoms with E-state index >= 15 is 0 Å². The highest BCUT2D eigenvalue weighted by Gasteiger charge is 2.23. The molecular weight excluding hydrogens is 368 g/mol. The van der Waals surface area contributed by atoms with Gasteiger partial charge in [-0.3, -0.25) is 0 Å². The number of ether oxygens (including phenoxy) is 1. The summed E-state index contributed by atoms with van der Waals surface area (Å²) in [6, 6.07) is 12.3. The lowest BCUT2D eigenvalue weighted by Crippen LogP contribution is -2.18. The molecule has 0 heterocycles. The van der Waals surface area contributed by atoms with Crippen LogP contribution in [-0.2, 0) is 4.79 Å². The second-order valence-corrected chi connectivity index (χ2v) is 6.52. The molecule has 1 N–H and O–H groups in total. The van der Waals surface area contributed by atoms with E-state index in [2.05, 4.69) is 29.8 Å². The number of hydrogen-bond acceptors (Lipinski definition) is 2. The van der Waals surface area contributed by atoms with Crippen molar-refractivity contribution in [3.8, 4) is 5.75 Å². The maximum Gasteiger partial charge on any atom is 0.349 e. The van der Waals surface area contributed by atoms with Crippen LogP contribution in [0, 0.1) is 0 Å². The van der Waals surface area contributed by atoms with E-state index in [0.29, 0.717) is 22.3 Å². The zero-order valence-electron chi connectivity index (χ0n) is 12.2. The lowest BCUT2D eigenvalue weighted by Gasteiger charge is -2.17. The molecule has 0 radical (unpaired) electrons. The number of hydrogen-bond donors (Lipinski definition) is 1. The fourth-order valence-electron chi connectivity index (χ4n) is 2.00. The summed E-state index contributed by atoms with van der Waals surface area (Å²) >= 11 is 9.27. The minimum Gasteiger partial charge on any atom is -0.478 e. The van der Waals surface area contributed by atoms with Crippen molar-refractivity contribution in [3.05, 3.63) is 63.1 Å². The molecule has 5 heteroatoms. The van der Waals surface area contributed by atoms with Crippen LogP contribution < -0.4 is 4.74 Å². The van der Waals surface area contributed by atoms with Gasteiger partial charge in [-0.2, -0.15) is 0 Å². The normalized spacial score (nSPS) is 12.2. The Kier molecular flexibility index (Phi) is 5.48. The van der Waals surface area contributed by atoms with Crippen molar-refractivity contribution < 1.29 is 14.6 Å². The Bertz CT molecular complexity index is 668. The molecule has 0 saturated carbocycles. The first-order valence-electron chi connectivity index (χ1n) is 6.83. The fourth-order valence-corrected chi connectivity index (χ4v) is 2.61. The average molecular weight is 384 g/mol. The van der Waals surface area contributed by atoms with Crippen LogP contribution in [0.25, 0.3) is 0 Å². The molecule has 0 aliphatic carbocycles.